The highest BCUT2D eigenvalue weighted by Gasteiger charge is 2.08. The lowest BCUT2D eigenvalue weighted by Gasteiger charge is -1.95. The molecule has 0 atom stereocenters. The van der Waals surface area contributed by atoms with Gasteiger partial charge in [0.15, 0.2) is 0 Å². The maximum Gasteiger partial charge on any atom is 0.255 e. The molecule has 0 aliphatic carbocycles. The number of carbonyl (C=O) groups is 1. The summed E-state index contributed by atoms with van der Waals surface area (Å²) < 4.78 is 12.6. The van der Waals surface area contributed by atoms with Crippen LogP contribution in [0.3, 0.4) is 0 Å². The Morgan fingerprint density at radius 1 is 1.64 bits per heavy atom. The molecule has 0 unspecified atom stereocenters. The first-order valence-corrected chi connectivity index (χ1v) is 4.09. The molecule has 58 valence electrons. The lowest BCUT2D eigenvalue weighted by Crippen LogP contribution is -1.97. The number of carbonyl (C=O) groups excluding carboxylic acids is 1. The van der Waals surface area contributed by atoms with Crippen molar-refractivity contribution in [1.29, 1.82) is 0 Å². The highest BCUT2D eigenvalue weighted by Crippen LogP contribution is 2.12. The number of nitrogens with zero attached hydrogens (tertiary/aromatic N) is 1. The van der Waals surface area contributed by atoms with E-state index in [2.05, 4.69) is 4.98 Å². The lowest BCUT2D eigenvalue weighted by atomic mass is 10.3. The zero-order valence-electron chi connectivity index (χ0n) is 5.14. The van der Waals surface area contributed by atoms with Crippen molar-refractivity contribution in [2.24, 2.45) is 0 Å². The predicted molar refractivity (Wildman–Crippen MR) is 47.1 cm³/mol. The summed E-state index contributed by atoms with van der Waals surface area (Å²) in [5.41, 5.74) is 0.230. The predicted octanol–water partition coefficient (Wildman–Crippen LogP) is 2.20. The van der Waals surface area contributed by atoms with Gasteiger partial charge in [0, 0.05) is 0 Å². The Kier molecular flexibility index (Phi) is 2.78. The number of hydrogen-bond donors (Lipinski definition) is 0. The van der Waals surface area contributed by atoms with Crippen LogP contribution in [0.5, 0.6) is 0 Å². The number of halogens is 3. The number of aromatic nitrogens is 1. The molecule has 0 saturated heterocycles. The minimum atomic E-state index is -0.623. The molecule has 11 heavy (non-hydrogen) atoms. The van der Waals surface area contributed by atoms with Crippen molar-refractivity contribution in [3.63, 3.8) is 0 Å². The topological polar surface area (TPSA) is 30.0 Å². The smallest absolute Gasteiger partial charge is 0.255 e. The Bertz CT molecular complexity index is 305. The first-order chi connectivity index (χ1) is 5.11. The second-order valence-corrected chi connectivity index (χ2v) is 3.11. The molecule has 0 aliphatic rings. The van der Waals surface area contributed by atoms with E-state index in [0.29, 0.717) is 0 Å². The van der Waals surface area contributed by atoms with E-state index in [4.69, 9.17) is 11.6 Å². The van der Waals surface area contributed by atoms with E-state index < -0.39 is 11.2 Å². The molecule has 1 aromatic heterocycles. The molecule has 2 nitrogen and oxygen atoms in total. The SMILES string of the molecule is O=C(Cl)c1ccc(F)nc1I. The third-order valence-electron chi connectivity index (χ3n) is 1.03. The zero-order valence-corrected chi connectivity index (χ0v) is 8.06. The molecule has 0 N–H and O–H groups in total. The first kappa shape index (κ1) is 8.86. The second kappa shape index (κ2) is 3.44. The van der Waals surface area contributed by atoms with Crippen LogP contribution in [-0.2, 0) is 0 Å². The summed E-state index contributed by atoms with van der Waals surface area (Å²) in [7, 11) is 0. The van der Waals surface area contributed by atoms with Crippen molar-refractivity contribution < 1.29 is 9.18 Å². The van der Waals surface area contributed by atoms with Crippen molar-refractivity contribution >= 4 is 39.4 Å². The molecule has 0 radical (unpaired) electrons. The van der Waals surface area contributed by atoms with Crippen molar-refractivity contribution in [3.05, 3.63) is 27.3 Å². The Hall–Kier alpha value is -0.230. The standard InChI is InChI=1S/C6H2ClFINO/c7-5(11)3-1-2-4(8)10-6(3)9/h1-2H. The minimum absolute atomic E-state index is 0.230. The molecule has 0 saturated carbocycles. The molecule has 0 fully saturated rings. The van der Waals surface area contributed by atoms with Crippen LogP contribution in [0.1, 0.15) is 10.4 Å². The van der Waals surface area contributed by atoms with E-state index in [-0.39, 0.29) is 9.26 Å². The van der Waals surface area contributed by atoms with E-state index >= 15 is 0 Å². The number of hydrogen-bond acceptors (Lipinski definition) is 2. The van der Waals surface area contributed by atoms with Crippen LogP contribution < -0.4 is 0 Å². The molecule has 0 bridgehead atoms. The Labute approximate surface area is 80.9 Å². The van der Waals surface area contributed by atoms with Gasteiger partial charge in [-0.25, -0.2) is 4.98 Å². The largest absolute Gasteiger partial charge is 0.276 e. The van der Waals surface area contributed by atoms with Gasteiger partial charge in [-0.2, -0.15) is 4.39 Å². The highest BCUT2D eigenvalue weighted by molar-refractivity contribution is 14.1. The van der Waals surface area contributed by atoms with Gasteiger partial charge in [-0.1, -0.05) is 0 Å². The maximum atomic E-state index is 12.3. The zero-order chi connectivity index (χ0) is 8.43. The second-order valence-electron chi connectivity index (χ2n) is 1.75. The fourth-order valence-corrected chi connectivity index (χ4v) is 1.53. The van der Waals surface area contributed by atoms with Crippen LogP contribution >= 0.6 is 34.2 Å². The average Bonchev–Trinajstić information content (AvgIpc) is 1.85. The monoisotopic (exact) mass is 285 g/mol. The van der Waals surface area contributed by atoms with Gasteiger partial charge in [-0.05, 0) is 46.3 Å². The van der Waals surface area contributed by atoms with Gasteiger partial charge in [0.25, 0.3) is 5.24 Å². The molecule has 1 rings (SSSR count). The van der Waals surface area contributed by atoms with E-state index in [0.717, 1.165) is 6.07 Å². The molecular weight excluding hydrogens is 283 g/mol. The van der Waals surface area contributed by atoms with E-state index in [1.165, 1.54) is 6.07 Å². The third kappa shape index (κ3) is 2.10. The fraction of sp³-hybridized carbons (Fsp3) is 0. The van der Waals surface area contributed by atoms with Crippen LogP contribution in [0, 0.1) is 9.65 Å². The van der Waals surface area contributed by atoms with Crippen molar-refractivity contribution in [2.45, 2.75) is 0 Å². The van der Waals surface area contributed by atoms with Crippen LogP contribution in [0.4, 0.5) is 4.39 Å². The number of rotatable bonds is 1. The van der Waals surface area contributed by atoms with Crippen LogP contribution in [0.25, 0.3) is 0 Å². The van der Waals surface area contributed by atoms with Gasteiger partial charge in [-0.3, -0.25) is 4.79 Å². The van der Waals surface area contributed by atoms with Crippen LogP contribution in [-0.4, -0.2) is 10.2 Å². The quantitative estimate of drug-likeness (QED) is 0.450. The Morgan fingerprint density at radius 3 is 2.73 bits per heavy atom. The van der Waals surface area contributed by atoms with Gasteiger partial charge >= 0.3 is 0 Å². The maximum absolute atomic E-state index is 12.3. The third-order valence-corrected chi connectivity index (χ3v) is 2.05. The molecule has 0 aromatic carbocycles. The van der Waals surface area contributed by atoms with Crippen LogP contribution in [0.15, 0.2) is 12.1 Å². The van der Waals surface area contributed by atoms with Gasteiger partial charge in [-0.15, -0.1) is 0 Å². The summed E-state index contributed by atoms with van der Waals surface area (Å²) in [5, 5.41) is -0.623. The van der Waals surface area contributed by atoms with Gasteiger partial charge in [0.2, 0.25) is 5.95 Å². The lowest BCUT2D eigenvalue weighted by molar-refractivity contribution is 0.108. The van der Waals surface area contributed by atoms with E-state index in [9.17, 15) is 9.18 Å². The fourth-order valence-electron chi connectivity index (χ4n) is 0.559. The molecule has 0 aliphatic heterocycles. The van der Waals surface area contributed by atoms with E-state index in [1.54, 1.807) is 22.6 Å². The Morgan fingerprint density at radius 2 is 2.27 bits per heavy atom. The summed E-state index contributed by atoms with van der Waals surface area (Å²) in [6, 6.07) is 2.40. The highest BCUT2D eigenvalue weighted by atomic mass is 127. The molecule has 1 aromatic rings. The molecule has 0 spiro atoms. The van der Waals surface area contributed by atoms with Gasteiger partial charge < -0.3 is 0 Å². The van der Waals surface area contributed by atoms with Crippen molar-refractivity contribution in [2.75, 3.05) is 0 Å². The first-order valence-electron chi connectivity index (χ1n) is 2.63. The molecule has 1 heterocycles. The summed E-state index contributed by atoms with van der Waals surface area (Å²) in [4.78, 5) is 14.0. The minimum Gasteiger partial charge on any atom is -0.276 e. The normalized spacial score (nSPS) is 9.73. The van der Waals surface area contributed by atoms with E-state index in [1.807, 2.05) is 0 Å². The summed E-state index contributed by atoms with van der Waals surface area (Å²) in [5.74, 6) is -0.615. The molecular formula is C6H2ClFINO. The van der Waals surface area contributed by atoms with Crippen molar-refractivity contribution in [1.82, 2.24) is 4.98 Å². The number of pyridine rings is 1. The van der Waals surface area contributed by atoms with Crippen LogP contribution in [0.2, 0.25) is 0 Å². The summed E-state index contributed by atoms with van der Waals surface area (Å²) in [6.07, 6.45) is 0. The molecule has 0 amide bonds. The van der Waals surface area contributed by atoms with Gasteiger partial charge in [0.05, 0.1) is 5.56 Å². The Balaban J connectivity index is 3.20. The molecule has 5 heteroatoms. The van der Waals surface area contributed by atoms with Gasteiger partial charge in [0.1, 0.15) is 3.70 Å². The average molecular weight is 285 g/mol. The van der Waals surface area contributed by atoms with Crippen molar-refractivity contribution in [3.8, 4) is 0 Å². The summed E-state index contributed by atoms with van der Waals surface area (Å²) in [6.45, 7) is 0. The summed E-state index contributed by atoms with van der Waals surface area (Å²) >= 11 is 6.90.